The van der Waals surface area contributed by atoms with Gasteiger partial charge in [-0.3, -0.25) is 4.79 Å². The van der Waals surface area contributed by atoms with Crippen LogP contribution < -0.4 is 0 Å². The Hall–Kier alpha value is -1.34. The lowest BCUT2D eigenvalue weighted by Crippen LogP contribution is -2.49. The highest BCUT2D eigenvalue weighted by Gasteiger charge is 2.39. The van der Waals surface area contributed by atoms with Gasteiger partial charge in [0, 0.05) is 18.2 Å². The van der Waals surface area contributed by atoms with E-state index < -0.39 is 38.3 Å². The maximum absolute atomic E-state index is 13.8. The van der Waals surface area contributed by atoms with Crippen LogP contribution >= 0.6 is 0 Å². The summed E-state index contributed by atoms with van der Waals surface area (Å²) in [6, 6.07) is 1.84. The smallest absolute Gasteiger partial charge is 0.224 e. The number of Topliss-reactive ketones (excluding diaryl/α,β-unsaturated/α-hetero) is 1. The third-order valence-corrected chi connectivity index (χ3v) is 6.23. The van der Waals surface area contributed by atoms with Gasteiger partial charge in [-0.25, -0.2) is 17.2 Å². The van der Waals surface area contributed by atoms with E-state index in [1.165, 1.54) is 4.31 Å². The van der Waals surface area contributed by atoms with Gasteiger partial charge in [-0.05, 0) is 46.2 Å². The molecule has 0 spiro atoms. The Bertz CT molecular complexity index is 664. The topological polar surface area (TPSA) is 54.5 Å². The van der Waals surface area contributed by atoms with Crippen LogP contribution in [0, 0.1) is 11.6 Å². The fourth-order valence-electron chi connectivity index (χ4n) is 2.72. The van der Waals surface area contributed by atoms with Crippen molar-refractivity contribution >= 4 is 15.8 Å². The summed E-state index contributed by atoms with van der Waals surface area (Å²) in [6.45, 7) is 8.42. The molecule has 0 radical (unpaired) electrons. The number of carbonyl (C=O) groups is 1. The van der Waals surface area contributed by atoms with Crippen LogP contribution in [0.5, 0.6) is 0 Å². The zero-order valence-electron chi connectivity index (χ0n) is 14.0. The Balaban J connectivity index is 3.33. The molecule has 0 aromatic heterocycles. The molecule has 0 saturated carbocycles. The van der Waals surface area contributed by atoms with E-state index in [1.54, 1.807) is 34.6 Å². The van der Waals surface area contributed by atoms with Gasteiger partial charge in [0.25, 0.3) is 0 Å². The molecule has 4 nitrogen and oxygen atoms in total. The Morgan fingerprint density at radius 2 is 1.65 bits per heavy atom. The monoisotopic (exact) mass is 347 g/mol. The number of benzene rings is 1. The minimum atomic E-state index is -3.96. The third-order valence-electron chi connectivity index (χ3n) is 3.53. The average molecular weight is 347 g/mol. The number of halogens is 2. The summed E-state index contributed by atoms with van der Waals surface area (Å²) in [4.78, 5) is 12.5. The number of rotatable bonds is 7. The summed E-state index contributed by atoms with van der Waals surface area (Å²) in [5, 5.41) is -1.40. The van der Waals surface area contributed by atoms with Crippen molar-refractivity contribution in [3.05, 3.63) is 35.4 Å². The molecule has 0 amide bonds. The maximum Gasteiger partial charge on any atom is 0.224 e. The van der Waals surface area contributed by atoms with E-state index in [0.29, 0.717) is 6.07 Å². The predicted octanol–water partition coefficient (Wildman–Crippen LogP) is 3.37. The SMILES string of the molecule is CCC(C(=O)c1ccc(F)cc1F)S(=O)(=O)N(C(C)C)C(C)C. The van der Waals surface area contributed by atoms with Gasteiger partial charge in [0.05, 0.1) is 5.56 Å². The lowest BCUT2D eigenvalue weighted by molar-refractivity contribution is 0.0978. The quantitative estimate of drug-likeness (QED) is 0.711. The van der Waals surface area contributed by atoms with E-state index in [0.717, 1.165) is 12.1 Å². The lowest BCUT2D eigenvalue weighted by atomic mass is 10.1. The minimum Gasteiger partial charge on any atom is -0.293 e. The second-order valence-corrected chi connectivity index (χ2v) is 7.97. The Morgan fingerprint density at radius 1 is 1.13 bits per heavy atom. The fourth-order valence-corrected chi connectivity index (χ4v) is 5.01. The van der Waals surface area contributed by atoms with Crippen molar-refractivity contribution in [1.82, 2.24) is 4.31 Å². The van der Waals surface area contributed by atoms with Crippen LogP contribution in [0.25, 0.3) is 0 Å². The van der Waals surface area contributed by atoms with Gasteiger partial charge in [0.15, 0.2) is 5.78 Å². The van der Waals surface area contributed by atoms with E-state index in [-0.39, 0.29) is 18.5 Å². The molecule has 0 aliphatic rings. The van der Waals surface area contributed by atoms with E-state index in [9.17, 15) is 22.0 Å². The number of ketones is 1. The summed E-state index contributed by atoms with van der Waals surface area (Å²) >= 11 is 0. The van der Waals surface area contributed by atoms with Gasteiger partial charge in [-0.15, -0.1) is 0 Å². The second-order valence-electron chi connectivity index (χ2n) is 5.95. The summed E-state index contributed by atoms with van der Waals surface area (Å²) in [7, 11) is -3.96. The third kappa shape index (κ3) is 4.14. The van der Waals surface area contributed by atoms with Crippen molar-refractivity contribution in [3.63, 3.8) is 0 Å². The van der Waals surface area contributed by atoms with Crippen molar-refractivity contribution in [2.75, 3.05) is 0 Å². The predicted molar refractivity (Wildman–Crippen MR) is 85.8 cm³/mol. The molecule has 23 heavy (non-hydrogen) atoms. The molecule has 0 heterocycles. The van der Waals surface area contributed by atoms with E-state index in [2.05, 4.69) is 0 Å². The van der Waals surface area contributed by atoms with Crippen LogP contribution in [0.4, 0.5) is 8.78 Å². The van der Waals surface area contributed by atoms with Crippen molar-refractivity contribution < 1.29 is 22.0 Å². The van der Waals surface area contributed by atoms with Gasteiger partial charge in [0.1, 0.15) is 16.9 Å². The summed E-state index contributed by atoms with van der Waals surface area (Å²) in [6.07, 6.45) is 0.00786. The van der Waals surface area contributed by atoms with Gasteiger partial charge < -0.3 is 0 Å². The molecule has 0 saturated heterocycles. The van der Waals surface area contributed by atoms with Crippen LogP contribution in [-0.4, -0.2) is 35.8 Å². The number of sulfonamides is 1. The Labute approximate surface area is 136 Å². The molecule has 1 atom stereocenters. The van der Waals surface area contributed by atoms with Crippen LogP contribution in [0.2, 0.25) is 0 Å². The van der Waals surface area contributed by atoms with E-state index in [1.807, 2.05) is 0 Å². The molecule has 0 bridgehead atoms. The first-order valence-electron chi connectivity index (χ1n) is 7.55. The van der Waals surface area contributed by atoms with Crippen molar-refractivity contribution in [1.29, 1.82) is 0 Å². The van der Waals surface area contributed by atoms with Crippen LogP contribution in [-0.2, 0) is 10.0 Å². The molecule has 1 rings (SSSR count). The Kier molecular flexibility index (Phi) is 6.41. The van der Waals surface area contributed by atoms with Gasteiger partial charge in [-0.1, -0.05) is 6.92 Å². The van der Waals surface area contributed by atoms with Gasteiger partial charge in [-0.2, -0.15) is 4.31 Å². The van der Waals surface area contributed by atoms with Crippen molar-refractivity contribution in [3.8, 4) is 0 Å². The highest BCUT2D eigenvalue weighted by molar-refractivity contribution is 7.90. The van der Waals surface area contributed by atoms with Crippen LogP contribution in [0.1, 0.15) is 51.4 Å². The van der Waals surface area contributed by atoms with E-state index in [4.69, 9.17) is 0 Å². The molecular weight excluding hydrogens is 324 g/mol. The largest absolute Gasteiger partial charge is 0.293 e. The maximum atomic E-state index is 13.8. The number of carbonyl (C=O) groups excluding carboxylic acids is 1. The molecule has 1 aromatic carbocycles. The van der Waals surface area contributed by atoms with Crippen molar-refractivity contribution in [2.24, 2.45) is 0 Å². The lowest BCUT2D eigenvalue weighted by Gasteiger charge is -2.32. The Morgan fingerprint density at radius 3 is 2.04 bits per heavy atom. The molecule has 0 N–H and O–H groups in total. The first-order chi connectivity index (χ1) is 10.5. The molecule has 1 aromatic rings. The molecule has 7 heteroatoms. The molecule has 0 fully saturated rings. The van der Waals surface area contributed by atoms with Crippen LogP contribution in [0.3, 0.4) is 0 Å². The van der Waals surface area contributed by atoms with Gasteiger partial charge >= 0.3 is 0 Å². The number of nitrogens with zero attached hydrogens (tertiary/aromatic N) is 1. The summed E-state index contributed by atoms with van der Waals surface area (Å²) in [5.41, 5.74) is -0.408. The number of hydrogen-bond acceptors (Lipinski definition) is 3. The summed E-state index contributed by atoms with van der Waals surface area (Å²) < 4.78 is 53.8. The zero-order chi connectivity index (χ0) is 17.9. The second kappa shape index (κ2) is 7.49. The summed E-state index contributed by atoms with van der Waals surface area (Å²) in [5.74, 6) is -2.72. The first kappa shape index (κ1) is 19.7. The number of hydrogen-bond donors (Lipinski definition) is 0. The van der Waals surface area contributed by atoms with E-state index >= 15 is 0 Å². The molecule has 0 aliphatic carbocycles. The molecule has 0 aliphatic heterocycles. The molecule has 130 valence electrons. The van der Waals surface area contributed by atoms with Crippen molar-refractivity contribution in [2.45, 2.75) is 58.4 Å². The first-order valence-corrected chi connectivity index (χ1v) is 9.05. The molecule has 1 unspecified atom stereocenters. The normalized spacial score (nSPS) is 13.8. The minimum absolute atomic E-state index is 0.00786. The average Bonchev–Trinajstić information content (AvgIpc) is 2.36. The highest BCUT2D eigenvalue weighted by Crippen LogP contribution is 2.23. The van der Waals surface area contributed by atoms with Gasteiger partial charge in [0.2, 0.25) is 10.0 Å². The fraction of sp³-hybridized carbons (Fsp3) is 0.562. The zero-order valence-corrected chi connectivity index (χ0v) is 14.8. The highest BCUT2D eigenvalue weighted by atomic mass is 32.2. The van der Waals surface area contributed by atoms with Crippen LogP contribution in [0.15, 0.2) is 18.2 Å². The molecular formula is C16H23F2NO3S. The standard InChI is InChI=1S/C16H23F2NO3S/c1-6-15(23(21,22)19(10(2)3)11(4)5)16(20)13-8-7-12(17)9-14(13)18/h7-11,15H,6H2,1-5H3.